The quantitative estimate of drug-likeness (QED) is 0.943. The molecular formula is C19H24N4. The van der Waals surface area contributed by atoms with Crippen molar-refractivity contribution in [1.29, 1.82) is 0 Å². The number of nitrogens with one attached hydrogen (secondary N) is 1. The lowest BCUT2D eigenvalue weighted by atomic mass is 9.49. The number of hydrogen-bond donors (Lipinski definition) is 1. The van der Waals surface area contributed by atoms with Crippen LogP contribution in [0.3, 0.4) is 0 Å². The Balaban J connectivity index is 1.24. The van der Waals surface area contributed by atoms with E-state index in [2.05, 4.69) is 50.3 Å². The van der Waals surface area contributed by atoms with Crippen molar-refractivity contribution in [3.63, 3.8) is 0 Å². The average molecular weight is 308 g/mol. The maximum atomic E-state index is 4.28. The Bertz CT molecular complexity index is 667. The highest BCUT2D eigenvalue weighted by Gasteiger charge is 2.59. The minimum atomic E-state index is 0.640. The summed E-state index contributed by atoms with van der Waals surface area (Å²) in [6.45, 7) is 5.86. The molecule has 0 radical (unpaired) electrons. The number of H-pyrrole nitrogens is 1. The van der Waals surface area contributed by atoms with Crippen molar-refractivity contribution in [2.45, 2.75) is 31.3 Å². The molecule has 0 atom stereocenters. The lowest BCUT2D eigenvalue weighted by Crippen LogP contribution is -2.70. The third-order valence-electron chi connectivity index (χ3n) is 6.22. The normalized spacial score (nSPS) is 30.7. The highest BCUT2D eigenvalue weighted by molar-refractivity contribution is 5.62. The predicted molar refractivity (Wildman–Crippen MR) is 90.9 cm³/mol. The van der Waals surface area contributed by atoms with E-state index in [9.17, 15) is 0 Å². The summed E-state index contributed by atoms with van der Waals surface area (Å²) in [5.74, 6) is 1.08. The fourth-order valence-corrected chi connectivity index (χ4v) is 4.73. The van der Waals surface area contributed by atoms with Gasteiger partial charge in [-0.25, -0.2) is 0 Å². The Morgan fingerprint density at radius 3 is 2.43 bits per heavy atom. The lowest BCUT2D eigenvalue weighted by molar-refractivity contribution is -0.155. The monoisotopic (exact) mass is 308 g/mol. The molecule has 3 saturated carbocycles. The average Bonchev–Trinajstić information content (AvgIpc) is 2.95. The second-order valence-electron chi connectivity index (χ2n) is 7.60. The van der Waals surface area contributed by atoms with Crippen LogP contribution in [-0.4, -0.2) is 51.7 Å². The van der Waals surface area contributed by atoms with Gasteiger partial charge in [0.05, 0.1) is 11.9 Å². The van der Waals surface area contributed by atoms with Gasteiger partial charge in [0.1, 0.15) is 0 Å². The van der Waals surface area contributed by atoms with Crippen molar-refractivity contribution < 1.29 is 0 Å². The van der Waals surface area contributed by atoms with Crippen molar-refractivity contribution in [1.82, 2.24) is 20.0 Å². The van der Waals surface area contributed by atoms with Gasteiger partial charge in [-0.15, -0.1) is 0 Å². The molecule has 23 heavy (non-hydrogen) atoms. The standard InChI is InChI=1S/C19H24N4/c1-2-4-16(5-3-1)18-17(13-20-21-18)14-22-6-8-23(9-7-22)19-10-15(11-19)12-19/h1-5,13,15H,6-12,14H2,(H,20,21). The zero-order valence-corrected chi connectivity index (χ0v) is 13.5. The molecule has 0 spiro atoms. The fourth-order valence-electron chi connectivity index (χ4n) is 4.73. The van der Waals surface area contributed by atoms with Crippen molar-refractivity contribution in [2.75, 3.05) is 26.2 Å². The smallest absolute Gasteiger partial charge is 0.0695 e. The number of piperazine rings is 1. The van der Waals surface area contributed by atoms with Crippen LogP contribution >= 0.6 is 0 Å². The summed E-state index contributed by atoms with van der Waals surface area (Å²) in [6.07, 6.45) is 6.43. The van der Waals surface area contributed by atoms with Gasteiger partial charge in [-0.1, -0.05) is 30.3 Å². The van der Waals surface area contributed by atoms with Crippen LogP contribution in [0, 0.1) is 5.92 Å². The van der Waals surface area contributed by atoms with Gasteiger partial charge >= 0.3 is 0 Å². The Morgan fingerprint density at radius 1 is 1.04 bits per heavy atom. The summed E-state index contributed by atoms with van der Waals surface area (Å²) in [5.41, 5.74) is 4.36. The fraction of sp³-hybridized carbons (Fsp3) is 0.526. The Morgan fingerprint density at radius 2 is 1.78 bits per heavy atom. The predicted octanol–water partition coefficient (Wildman–Crippen LogP) is 2.75. The second-order valence-corrected chi connectivity index (χ2v) is 7.60. The number of hydrogen-bond acceptors (Lipinski definition) is 3. The molecule has 4 fully saturated rings. The van der Waals surface area contributed by atoms with E-state index in [4.69, 9.17) is 0 Å². The molecule has 0 unspecified atom stereocenters. The van der Waals surface area contributed by atoms with E-state index in [1.54, 1.807) is 0 Å². The summed E-state index contributed by atoms with van der Waals surface area (Å²) < 4.78 is 0. The highest BCUT2D eigenvalue weighted by Crippen LogP contribution is 2.60. The van der Waals surface area contributed by atoms with Gasteiger partial charge in [-0.05, 0) is 30.7 Å². The van der Waals surface area contributed by atoms with Crippen LogP contribution in [0.5, 0.6) is 0 Å². The van der Waals surface area contributed by atoms with Gasteiger partial charge in [-0.3, -0.25) is 14.9 Å². The first-order chi connectivity index (χ1) is 11.3. The molecule has 4 nitrogen and oxygen atoms in total. The molecular weight excluding hydrogens is 284 g/mol. The maximum absolute atomic E-state index is 4.28. The molecule has 1 aliphatic heterocycles. The first-order valence-corrected chi connectivity index (χ1v) is 8.87. The maximum Gasteiger partial charge on any atom is 0.0695 e. The van der Waals surface area contributed by atoms with E-state index in [-0.39, 0.29) is 0 Å². The van der Waals surface area contributed by atoms with Crippen molar-refractivity contribution >= 4 is 0 Å². The van der Waals surface area contributed by atoms with Gasteiger partial charge in [0.15, 0.2) is 0 Å². The van der Waals surface area contributed by atoms with Crippen LogP contribution in [0.4, 0.5) is 0 Å². The van der Waals surface area contributed by atoms with E-state index in [1.165, 1.54) is 62.3 Å². The van der Waals surface area contributed by atoms with Gasteiger partial charge in [0.25, 0.3) is 0 Å². The highest BCUT2D eigenvalue weighted by atomic mass is 15.3. The molecule has 6 rings (SSSR count). The Labute approximate surface area is 137 Å². The third kappa shape index (κ3) is 2.24. The van der Waals surface area contributed by atoms with Crippen molar-refractivity contribution in [2.24, 2.45) is 5.92 Å². The molecule has 0 amide bonds. The van der Waals surface area contributed by atoms with Crippen molar-refractivity contribution in [3.05, 3.63) is 42.1 Å². The zero-order valence-electron chi connectivity index (χ0n) is 13.5. The topological polar surface area (TPSA) is 35.2 Å². The van der Waals surface area contributed by atoms with Crippen LogP contribution in [0.1, 0.15) is 24.8 Å². The van der Waals surface area contributed by atoms with E-state index < -0.39 is 0 Å². The Hall–Kier alpha value is -1.65. The minimum absolute atomic E-state index is 0.640. The van der Waals surface area contributed by atoms with E-state index >= 15 is 0 Å². The number of aromatic nitrogens is 2. The van der Waals surface area contributed by atoms with Gasteiger partial charge in [0, 0.05) is 43.8 Å². The number of rotatable bonds is 4. The molecule has 4 aliphatic rings. The first-order valence-electron chi connectivity index (χ1n) is 8.87. The van der Waals surface area contributed by atoms with Crippen LogP contribution in [0.15, 0.2) is 36.5 Å². The number of benzene rings is 1. The van der Waals surface area contributed by atoms with Crippen LogP contribution in [0.25, 0.3) is 11.3 Å². The van der Waals surface area contributed by atoms with Gasteiger partial charge in [-0.2, -0.15) is 5.10 Å². The third-order valence-corrected chi connectivity index (χ3v) is 6.22. The molecule has 2 bridgehead atoms. The van der Waals surface area contributed by atoms with Crippen LogP contribution < -0.4 is 0 Å². The molecule has 1 N–H and O–H groups in total. The lowest BCUT2D eigenvalue weighted by Gasteiger charge is -2.67. The zero-order chi connectivity index (χ0) is 15.3. The molecule has 1 aromatic carbocycles. The number of nitrogens with zero attached hydrogens (tertiary/aromatic N) is 3. The molecule has 4 heteroatoms. The SMILES string of the molecule is c1ccc(-c2[nH]ncc2CN2CCN(C34CC(C3)C4)CC2)cc1. The summed E-state index contributed by atoms with van der Waals surface area (Å²) in [7, 11) is 0. The van der Waals surface area contributed by atoms with Gasteiger partial charge in [0.2, 0.25) is 0 Å². The molecule has 120 valence electrons. The van der Waals surface area contributed by atoms with Crippen LogP contribution in [-0.2, 0) is 6.54 Å². The number of aromatic amines is 1. The van der Waals surface area contributed by atoms with Gasteiger partial charge < -0.3 is 0 Å². The van der Waals surface area contributed by atoms with E-state index in [0.717, 1.165) is 12.5 Å². The summed E-state index contributed by atoms with van der Waals surface area (Å²) in [6, 6.07) is 10.5. The van der Waals surface area contributed by atoms with E-state index in [1.807, 2.05) is 6.20 Å². The summed E-state index contributed by atoms with van der Waals surface area (Å²) in [5, 5.41) is 7.47. The Kier molecular flexibility index (Phi) is 3.10. The first kappa shape index (κ1) is 13.8. The van der Waals surface area contributed by atoms with E-state index in [0.29, 0.717) is 5.54 Å². The second kappa shape index (κ2) is 5.18. The molecule has 1 saturated heterocycles. The molecule has 2 heterocycles. The minimum Gasteiger partial charge on any atom is -0.296 e. The molecule has 1 aromatic heterocycles. The van der Waals surface area contributed by atoms with Crippen molar-refractivity contribution in [3.8, 4) is 11.3 Å². The molecule has 2 aromatic rings. The largest absolute Gasteiger partial charge is 0.296 e. The summed E-state index contributed by atoms with van der Waals surface area (Å²) in [4.78, 5) is 5.36. The van der Waals surface area contributed by atoms with Crippen LogP contribution in [0.2, 0.25) is 0 Å². The molecule has 3 aliphatic carbocycles. The summed E-state index contributed by atoms with van der Waals surface area (Å²) >= 11 is 0.